The minimum atomic E-state index is -1.13. The quantitative estimate of drug-likeness (QED) is 0.759. The van der Waals surface area contributed by atoms with Crippen molar-refractivity contribution in [3.05, 3.63) is 23.8 Å². The summed E-state index contributed by atoms with van der Waals surface area (Å²) >= 11 is 0. The number of carbonyl (C=O) groups is 1. The van der Waals surface area contributed by atoms with Crippen molar-refractivity contribution >= 4 is 5.97 Å². The highest BCUT2D eigenvalue weighted by atomic mass is 19.3. The average molecular weight is 186 g/mol. The zero-order valence-electron chi connectivity index (χ0n) is 6.78. The summed E-state index contributed by atoms with van der Waals surface area (Å²) in [6.07, 6.45) is 0. The summed E-state index contributed by atoms with van der Waals surface area (Å²) in [7, 11) is 1.32. The van der Waals surface area contributed by atoms with Gasteiger partial charge >= 0.3 is 5.97 Å². The first-order chi connectivity index (χ1) is 6.19. The van der Waals surface area contributed by atoms with Gasteiger partial charge in [0.25, 0.3) is 0 Å². The van der Waals surface area contributed by atoms with Gasteiger partial charge in [-0.15, -0.1) is 0 Å². The van der Waals surface area contributed by atoms with Crippen molar-refractivity contribution in [2.24, 2.45) is 0 Å². The van der Waals surface area contributed by atoms with Crippen molar-refractivity contribution in [1.29, 1.82) is 0 Å². The van der Waals surface area contributed by atoms with Crippen LogP contribution in [0.25, 0.3) is 0 Å². The molecule has 13 heavy (non-hydrogen) atoms. The van der Waals surface area contributed by atoms with E-state index in [0.717, 1.165) is 0 Å². The first kappa shape index (κ1) is 9.31. The van der Waals surface area contributed by atoms with Crippen LogP contribution >= 0.6 is 0 Å². The Kier molecular flexibility index (Phi) is 2.69. The lowest BCUT2D eigenvalue weighted by Gasteiger charge is -2.03. The Bertz CT molecular complexity index is 324. The molecule has 0 aromatic heterocycles. The lowest BCUT2D eigenvalue weighted by molar-refractivity contribution is -0.0788. The minimum absolute atomic E-state index is 0.0304. The second-order valence-corrected chi connectivity index (χ2v) is 2.25. The van der Waals surface area contributed by atoms with Crippen molar-refractivity contribution in [2.45, 2.75) is 0 Å². The third kappa shape index (κ3) is 1.87. The molecule has 0 bridgehead atoms. The van der Waals surface area contributed by atoms with Crippen molar-refractivity contribution in [3.63, 3.8) is 0 Å². The molecule has 0 spiro atoms. The summed E-state index contributed by atoms with van der Waals surface area (Å²) in [5, 5.41) is 9.12. The highest BCUT2D eigenvalue weighted by Gasteiger charge is 2.10. The second-order valence-electron chi connectivity index (χ2n) is 2.25. The van der Waals surface area contributed by atoms with Gasteiger partial charge in [0.05, 0.1) is 12.7 Å². The molecule has 0 radical (unpaired) electrons. The number of phenolic OH excluding ortho intramolecular Hbond substituents is 1. The third-order valence-electron chi connectivity index (χ3n) is 1.49. The van der Waals surface area contributed by atoms with Gasteiger partial charge in [-0.05, 0) is 18.2 Å². The van der Waals surface area contributed by atoms with Gasteiger partial charge < -0.3 is 9.84 Å². The minimum Gasteiger partial charge on any atom is -0.504 e. The van der Waals surface area contributed by atoms with Crippen molar-refractivity contribution in [2.75, 3.05) is 7.11 Å². The number of methoxy groups -OCH3 is 1. The van der Waals surface area contributed by atoms with Crippen LogP contribution in [0.2, 0.25) is 0 Å². The molecule has 1 aromatic rings. The molecular formula is C8H7FO4. The Morgan fingerprint density at radius 2 is 2.23 bits per heavy atom. The zero-order chi connectivity index (χ0) is 9.84. The normalized spacial score (nSPS) is 9.38. The monoisotopic (exact) mass is 186 g/mol. The fraction of sp³-hybridized carbons (Fsp3) is 0.125. The third-order valence-corrected chi connectivity index (χ3v) is 1.49. The molecule has 4 nitrogen and oxygen atoms in total. The molecular weight excluding hydrogens is 179 g/mol. The van der Waals surface area contributed by atoms with E-state index in [1.807, 2.05) is 0 Å². The van der Waals surface area contributed by atoms with Gasteiger partial charge in [0.2, 0.25) is 0 Å². The van der Waals surface area contributed by atoms with E-state index in [-0.39, 0.29) is 17.1 Å². The Morgan fingerprint density at radius 3 is 2.77 bits per heavy atom. The molecule has 0 saturated carbocycles. The van der Waals surface area contributed by atoms with Crippen molar-refractivity contribution in [3.8, 4) is 11.5 Å². The number of aromatic hydroxyl groups is 1. The summed E-state index contributed by atoms with van der Waals surface area (Å²) in [5.74, 6) is -1.17. The van der Waals surface area contributed by atoms with Gasteiger partial charge in [0.15, 0.2) is 11.5 Å². The van der Waals surface area contributed by atoms with Crippen LogP contribution in [0.15, 0.2) is 18.2 Å². The number of rotatable bonds is 2. The predicted molar refractivity (Wildman–Crippen MR) is 41.2 cm³/mol. The van der Waals surface area contributed by atoms with Gasteiger partial charge in [0, 0.05) is 4.53 Å². The Morgan fingerprint density at radius 1 is 1.54 bits per heavy atom. The van der Waals surface area contributed by atoms with E-state index in [2.05, 4.69) is 4.94 Å². The van der Waals surface area contributed by atoms with Crippen molar-refractivity contribution < 1.29 is 24.1 Å². The summed E-state index contributed by atoms with van der Waals surface area (Å²) in [4.78, 5) is 13.7. The summed E-state index contributed by atoms with van der Waals surface area (Å²) in [6.45, 7) is 0. The Hall–Kier alpha value is -1.78. The number of benzene rings is 1. The molecule has 1 N–H and O–H groups in total. The van der Waals surface area contributed by atoms with E-state index in [1.54, 1.807) is 0 Å². The fourth-order valence-electron chi connectivity index (χ4n) is 0.849. The van der Waals surface area contributed by atoms with Crippen LogP contribution in [0.1, 0.15) is 10.4 Å². The van der Waals surface area contributed by atoms with Gasteiger partial charge in [-0.3, -0.25) is 0 Å². The van der Waals surface area contributed by atoms with Crippen LogP contribution < -0.4 is 4.74 Å². The van der Waals surface area contributed by atoms with Crippen LogP contribution in [0.3, 0.4) is 0 Å². The molecule has 70 valence electrons. The number of ether oxygens (including phenoxy) is 1. The van der Waals surface area contributed by atoms with Gasteiger partial charge in [-0.2, -0.15) is 0 Å². The molecule has 0 fully saturated rings. The van der Waals surface area contributed by atoms with E-state index in [4.69, 9.17) is 9.84 Å². The van der Waals surface area contributed by atoms with E-state index in [1.165, 1.54) is 25.3 Å². The molecule has 1 aromatic carbocycles. The topological polar surface area (TPSA) is 55.8 Å². The molecule has 0 atom stereocenters. The first-order valence-electron chi connectivity index (χ1n) is 3.39. The second kappa shape index (κ2) is 3.75. The number of halogens is 1. The molecule has 0 heterocycles. The highest BCUT2D eigenvalue weighted by Crippen LogP contribution is 2.26. The lowest BCUT2D eigenvalue weighted by Crippen LogP contribution is -1.98. The number of carbonyl (C=O) groups excluding carboxylic acids is 1. The van der Waals surface area contributed by atoms with Gasteiger partial charge in [-0.25, -0.2) is 9.74 Å². The highest BCUT2D eigenvalue weighted by molar-refractivity contribution is 5.89. The largest absolute Gasteiger partial charge is 0.504 e. The van der Waals surface area contributed by atoms with Crippen LogP contribution in [-0.2, 0) is 4.94 Å². The van der Waals surface area contributed by atoms with E-state index in [9.17, 15) is 9.32 Å². The molecule has 0 amide bonds. The summed E-state index contributed by atoms with van der Waals surface area (Å²) in [5.41, 5.74) is -0.0304. The van der Waals surface area contributed by atoms with Crippen LogP contribution in [-0.4, -0.2) is 18.2 Å². The maximum absolute atomic E-state index is 11.5. The van der Waals surface area contributed by atoms with E-state index in [0.29, 0.717) is 0 Å². The fourth-order valence-corrected chi connectivity index (χ4v) is 0.849. The van der Waals surface area contributed by atoms with Crippen LogP contribution in [0.4, 0.5) is 4.53 Å². The van der Waals surface area contributed by atoms with E-state index < -0.39 is 5.97 Å². The maximum Gasteiger partial charge on any atom is 0.379 e. The van der Waals surface area contributed by atoms with Crippen LogP contribution in [0, 0.1) is 0 Å². The molecule has 0 aliphatic heterocycles. The lowest BCUT2D eigenvalue weighted by atomic mass is 10.2. The predicted octanol–water partition coefficient (Wildman–Crippen LogP) is 1.44. The average Bonchev–Trinajstić information content (AvgIpc) is 2.17. The van der Waals surface area contributed by atoms with Crippen molar-refractivity contribution in [1.82, 2.24) is 0 Å². The molecule has 0 aliphatic rings. The van der Waals surface area contributed by atoms with E-state index >= 15 is 0 Å². The zero-order valence-corrected chi connectivity index (χ0v) is 6.78. The Balaban J connectivity index is 3.06. The molecule has 0 aliphatic carbocycles. The van der Waals surface area contributed by atoms with Gasteiger partial charge in [0.1, 0.15) is 0 Å². The standard InChI is InChI=1S/C8H7FO4/c1-12-7-4-5(8(11)13-9)2-3-6(7)10/h2-4,10H,1H3. The summed E-state index contributed by atoms with van der Waals surface area (Å²) in [6, 6.07) is 3.61. The summed E-state index contributed by atoms with van der Waals surface area (Å²) < 4.78 is 16.2. The SMILES string of the molecule is COc1cc(C(=O)OF)ccc1O. The molecule has 5 heteroatoms. The first-order valence-corrected chi connectivity index (χ1v) is 3.39. The number of phenols is 1. The number of hydrogen-bond acceptors (Lipinski definition) is 4. The maximum atomic E-state index is 11.5. The number of hydrogen-bond donors (Lipinski definition) is 1. The Labute approximate surface area is 73.4 Å². The smallest absolute Gasteiger partial charge is 0.379 e. The molecule has 1 rings (SSSR count). The molecule has 0 unspecified atom stereocenters. The van der Waals surface area contributed by atoms with Crippen LogP contribution in [0.5, 0.6) is 11.5 Å². The molecule has 0 saturated heterocycles. The van der Waals surface area contributed by atoms with Gasteiger partial charge in [-0.1, -0.05) is 0 Å².